The Morgan fingerprint density at radius 2 is 1.81 bits per heavy atom. The van der Waals surface area contributed by atoms with Crippen molar-refractivity contribution < 1.29 is 24.0 Å². The highest BCUT2D eigenvalue weighted by atomic mass is 16.6. The third-order valence-corrected chi connectivity index (χ3v) is 3.36. The number of rotatable bonds is 8. The average molecular weight is 358 g/mol. The maximum Gasteiger partial charge on any atom is 0.338 e. The van der Waals surface area contributed by atoms with Gasteiger partial charge in [0.1, 0.15) is 6.61 Å². The van der Waals surface area contributed by atoms with E-state index in [0.717, 1.165) is 0 Å². The lowest BCUT2D eigenvalue weighted by Crippen LogP contribution is -2.13. The number of anilines is 1. The van der Waals surface area contributed by atoms with Gasteiger partial charge in [-0.2, -0.15) is 0 Å². The molecule has 0 atom stereocenters. The van der Waals surface area contributed by atoms with Crippen molar-refractivity contribution in [1.82, 2.24) is 0 Å². The van der Waals surface area contributed by atoms with Gasteiger partial charge in [0, 0.05) is 30.0 Å². The standard InChI is InChI=1S/C18H18N2O6/c1-2-25-10-11-26-18(22)13-6-8-15(9-7-13)19-17(21)14-4-3-5-16(12-14)20(23)24/h3-9,12H,2,10-11H2,1H3,(H,19,21). The van der Waals surface area contributed by atoms with Gasteiger partial charge < -0.3 is 14.8 Å². The van der Waals surface area contributed by atoms with Gasteiger partial charge in [-0.3, -0.25) is 14.9 Å². The second kappa shape index (κ2) is 9.28. The number of non-ortho nitro benzene ring substituents is 1. The van der Waals surface area contributed by atoms with Crippen LogP contribution in [0.2, 0.25) is 0 Å². The summed E-state index contributed by atoms with van der Waals surface area (Å²) in [5, 5.41) is 13.4. The van der Waals surface area contributed by atoms with E-state index in [1.54, 1.807) is 12.1 Å². The van der Waals surface area contributed by atoms with Gasteiger partial charge in [0.2, 0.25) is 0 Å². The average Bonchev–Trinajstić information content (AvgIpc) is 2.65. The third-order valence-electron chi connectivity index (χ3n) is 3.36. The van der Waals surface area contributed by atoms with Gasteiger partial charge in [-0.1, -0.05) is 6.07 Å². The van der Waals surface area contributed by atoms with Gasteiger partial charge in [0.25, 0.3) is 11.6 Å². The molecule has 0 unspecified atom stereocenters. The highest BCUT2D eigenvalue weighted by molar-refractivity contribution is 6.04. The van der Waals surface area contributed by atoms with E-state index in [2.05, 4.69) is 5.32 Å². The number of ether oxygens (including phenoxy) is 2. The van der Waals surface area contributed by atoms with E-state index in [-0.39, 0.29) is 17.9 Å². The number of nitro benzene ring substituents is 1. The summed E-state index contributed by atoms with van der Waals surface area (Å²) < 4.78 is 10.1. The van der Waals surface area contributed by atoms with Crippen molar-refractivity contribution >= 4 is 23.3 Å². The first-order valence-corrected chi connectivity index (χ1v) is 7.92. The summed E-state index contributed by atoms with van der Waals surface area (Å²) >= 11 is 0. The molecule has 26 heavy (non-hydrogen) atoms. The Labute approximate surface area is 149 Å². The summed E-state index contributed by atoms with van der Waals surface area (Å²) in [4.78, 5) is 34.2. The largest absolute Gasteiger partial charge is 0.460 e. The van der Waals surface area contributed by atoms with Crippen LogP contribution in [0.25, 0.3) is 0 Å². The van der Waals surface area contributed by atoms with Gasteiger partial charge in [-0.25, -0.2) is 4.79 Å². The minimum Gasteiger partial charge on any atom is -0.460 e. The first kappa shape index (κ1) is 19.1. The van der Waals surface area contributed by atoms with E-state index >= 15 is 0 Å². The fourth-order valence-electron chi connectivity index (χ4n) is 2.07. The Hall–Kier alpha value is -3.26. The maximum atomic E-state index is 12.2. The van der Waals surface area contributed by atoms with E-state index < -0.39 is 16.8 Å². The lowest BCUT2D eigenvalue weighted by Gasteiger charge is -2.07. The first-order valence-electron chi connectivity index (χ1n) is 7.92. The molecule has 0 radical (unpaired) electrons. The zero-order chi connectivity index (χ0) is 18.9. The molecule has 8 heteroatoms. The van der Waals surface area contributed by atoms with Crippen LogP contribution in [0.15, 0.2) is 48.5 Å². The number of benzene rings is 2. The lowest BCUT2D eigenvalue weighted by atomic mass is 10.1. The van der Waals surface area contributed by atoms with E-state index in [0.29, 0.717) is 24.5 Å². The van der Waals surface area contributed by atoms with Crippen LogP contribution in [0.4, 0.5) is 11.4 Å². The molecule has 0 bridgehead atoms. The smallest absolute Gasteiger partial charge is 0.338 e. The van der Waals surface area contributed by atoms with Crippen molar-refractivity contribution in [2.45, 2.75) is 6.92 Å². The topological polar surface area (TPSA) is 108 Å². The maximum absolute atomic E-state index is 12.2. The van der Waals surface area contributed by atoms with Crippen LogP contribution in [0.3, 0.4) is 0 Å². The van der Waals surface area contributed by atoms with E-state index in [1.807, 2.05) is 6.92 Å². The molecular formula is C18H18N2O6. The molecule has 0 heterocycles. The van der Waals surface area contributed by atoms with Crippen molar-refractivity contribution in [3.8, 4) is 0 Å². The van der Waals surface area contributed by atoms with Gasteiger partial charge in [0.15, 0.2) is 0 Å². The predicted molar refractivity (Wildman–Crippen MR) is 94.3 cm³/mol. The normalized spacial score (nSPS) is 10.2. The zero-order valence-electron chi connectivity index (χ0n) is 14.1. The monoisotopic (exact) mass is 358 g/mol. The Morgan fingerprint density at radius 1 is 1.08 bits per heavy atom. The number of amides is 1. The number of hydrogen-bond acceptors (Lipinski definition) is 6. The van der Waals surface area contributed by atoms with Crippen molar-refractivity contribution in [2.24, 2.45) is 0 Å². The molecule has 0 aromatic heterocycles. The zero-order valence-corrected chi connectivity index (χ0v) is 14.1. The lowest BCUT2D eigenvalue weighted by molar-refractivity contribution is -0.384. The van der Waals surface area contributed by atoms with Crippen molar-refractivity contribution in [1.29, 1.82) is 0 Å². The minimum absolute atomic E-state index is 0.164. The Morgan fingerprint density at radius 3 is 2.46 bits per heavy atom. The van der Waals surface area contributed by atoms with Crippen LogP contribution in [-0.4, -0.2) is 36.6 Å². The van der Waals surface area contributed by atoms with Gasteiger partial charge in [-0.15, -0.1) is 0 Å². The molecule has 1 amide bonds. The fraction of sp³-hybridized carbons (Fsp3) is 0.222. The highest BCUT2D eigenvalue weighted by Crippen LogP contribution is 2.16. The van der Waals surface area contributed by atoms with Crippen LogP contribution in [0.1, 0.15) is 27.6 Å². The number of esters is 1. The van der Waals surface area contributed by atoms with E-state index in [4.69, 9.17) is 9.47 Å². The summed E-state index contributed by atoms with van der Waals surface area (Å²) in [6.07, 6.45) is 0. The summed E-state index contributed by atoms with van der Waals surface area (Å²) in [6, 6.07) is 11.6. The van der Waals surface area contributed by atoms with E-state index in [9.17, 15) is 19.7 Å². The Balaban J connectivity index is 1.96. The molecule has 8 nitrogen and oxygen atoms in total. The number of carbonyl (C=O) groups is 2. The number of carbonyl (C=O) groups excluding carboxylic acids is 2. The summed E-state index contributed by atoms with van der Waals surface area (Å²) in [5.41, 5.74) is 0.795. The second-order valence-electron chi connectivity index (χ2n) is 5.17. The SMILES string of the molecule is CCOCCOC(=O)c1ccc(NC(=O)c2cccc([N+](=O)[O-])c2)cc1. The summed E-state index contributed by atoms with van der Waals surface area (Å²) in [5.74, 6) is -0.970. The molecule has 136 valence electrons. The minimum atomic E-state index is -0.567. The molecule has 0 aliphatic carbocycles. The molecule has 0 fully saturated rings. The molecule has 0 saturated carbocycles. The molecule has 0 saturated heterocycles. The van der Waals surface area contributed by atoms with Crippen LogP contribution < -0.4 is 5.32 Å². The molecular weight excluding hydrogens is 340 g/mol. The van der Waals surface area contributed by atoms with Gasteiger partial charge >= 0.3 is 5.97 Å². The Kier molecular flexibility index (Phi) is 6.81. The number of nitro groups is 1. The predicted octanol–water partition coefficient (Wildman–Crippen LogP) is 3.04. The van der Waals surface area contributed by atoms with Crippen molar-refractivity contribution in [2.75, 3.05) is 25.1 Å². The molecule has 2 aromatic carbocycles. The third kappa shape index (κ3) is 5.38. The summed E-state index contributed by atoms with van der Waals surface area (Å²) in [7, 11) is 0. The number of nitrogens with zero attached hydrogens (tertiary/aromatic N) is 1. The number of hydrogen-bond donors (Lipinski definition) is 1. The molecule has 0 aliphatic rings. The van der Waals surface area contributed by atoms with Crippen LogP contribution in [0.5, 0.6) is 0 Å². The fourth-order valence-corrected chi connectivity index (χ4v) is 2.07. The van der Waals surface area contributed by atoms with Crippen LogP contribution in [-0.2, 0) is 9.47 Å². The summed E-state index contributed by atoms with van der Waals surface area (Å²) in [6.45, 7) is 2.90. The number of nitrogens with one attached hydrogen (secondary N) is 1. The van der Waals surface area contributed by atoms with Crippen LogP contribution >= 0.6 is 0 Å². The van der Waals surface area contributed by atoms with Crippen molar-refractivity contribution in [3.05, 3.63) is 69.8 Å². The second-order valence-corrected chi connectivity index (χ2v) is 5.17. The van der Waals surface area contributed by atoms with Gasteiger partial charge in [-0.05, 0) is 37.3 Å². The van der Waals surface area contributed by atoms with Crippen molar-refractivity contribution in [3.63, 3.8) is 0 Å². The first-order chi connectivity index (χ1) is 12.5. The highest BCUT2D eigenvalue weighted by Gasteiger charge is 2.12. The quantitative estimate of drug-likeness (QED) is 0.336. The molecule has 1 N–H and O–H groups in total. The van der Waals surface area contributed by atoms with Crippen LogP contribution in [0, 0.1) is 10.1 Å². The van der Waals surface area contributed by atoms with Gasteiger partial charge in [0.05, 0.1) is 17.1 Å². The Bertz CT molecular complexity index is 789. The molecule has 2 aromatic rings. The molecule has 0 aliphatic heterocycles. The van der Waals surface area contributed by atoms with E-state index in [1.165, 1.54) is 36.4 Å². The molecule has 2 rings (SSSR count). The molecule has 0 spiro atoms.